The van der Waals surface area contributed by atoms with Crippen LogP contribution in [-0.4, -0.2) is 35.3 Å². The summed E-state index contributed by atoms with van der Waals surface area (Å²) in [5.74, 6) is 1.01. The molecule has 1 aliphatic heterocycles. The van der Waals surface area contributed by atoms with Gasteiger partial charge in [-0.1, -0.05) is 17.7 Å². The monoisotopic (exact) mass is 367 g/mol. The standard InChI is InChI=1S/C17H19ClFN3OS/c1-11-7-22(8-12(2)23-11)16-6-17(21-10-20-16)24-9-13-14(18)4-3-5-15(13)19/h3-6,10-12H,7-9H2,1-2H3. The van der Waals surface area contributed by atoms with Gasteiger partial charge in [-0.2, -0.15) is 0 Å². The number of rotatable bonds is 4. The molecule has 0 spiro atoms. The summed E-state index contributed by atoms with van der Waals surface area (Å²) in [5, 5.41) is 1.23. The van der Waals surface area contributed by atoms with Crippen LogP contribution in [0, 0.1) is 5.82 Å². The first-order chi connectivity index (χ1) is 11.5. The summed E-state index contributed by atoms with van der Waals surface area (Å²) in [6.45, 7) is 5.70. The topological polar surface area (TPSA) is 38.2 Å². The van der Waals surface area contributed by atoms with Crippen molar-refractivity contribution < 1.29 is 9.13 Å². The number of anilines is 1. The van der Waals surface area contributed by atoms with Crippen LogP contribution in [0.4, 0.5) is 10.2 Å². The third-order valence-corrected chi connectivity index (χ3v) is 5.10. The second kappa shape index (κ2) is 7.68. The van der Waals surface area contributed by atoms with Crippen LogP contribution in [0.2, 0.25) is 5.02 Å². The largest absolute Gasteiger partial charge is 0.372 e. The maximum atomic E-state index is 13.9. The molecule has 1 aromatic heterocycles. The van der Waals surface area contributed by atoms with E-state index < -0.39 is 0 Å². The van der Waals surface area contributed by atoms with E-state index in [-0.39, 0.29) is 18.0 Å². The van der Waals surface area contributed by atoms with Crippen molar-refractivity contribution in [1.29, 1.82) is 0 Å². The van der Waals surface area contributed by atoms with E-state index in [2.05, 4.69) is 28.7 Å². The first-order valence-electron chi connectivity index (χ1n) is 7.81. The Morgan fingerprint density at radius 3 is 2.75 bits per heavy atom. The van der Waals surface area contributed by atoms with Crippen LogP contribution >= 0.6 is 23.4 Å². The number of benzene rings is 1. The third-order valence-electron chi connectivity index (χ3n) is 3.80. The third kappa shape index (κ3) is 4.18. The smallest absolute Gasteiger partial charge is 0.133 e. The highest BCUT2D eigenvalue weighted by atomic mass is 35.5. The lowest BCUT2D eigenvalue weighted by Crippen LogP contribution is -2.45. The van der Waals surface area contributed by atoms with Gasteiger partial charge in [-0.3, -0.25) is 0 Å². The van der Waals surface area contributed by atoms with Crippen LogP contribution in [0.1, 0.15) is 19.4 Å². The molecule has 1 aromatic carbocycles. The maximum Gasteiger partial charge on any atom is 0.133 e. The van der Waals surface area contributed by atoms with Gasteiger partial charge in [-0.05, 0) is 26.0 Å². The number of hydrogen-bond donors (Lipinski definition) is 0. The molecule has 0 aliphatic carbocycles. The number of thioether (sulfide) groups is 1. The summed E-state index contributed by atoms with van der Waals surface area (Å²) in [4.78, 5) is 10.8. The van der Waals surface area contributed by atoms with Crippen LogP contribution in [-0.2, 0) is 10.5 Å². The van der Waals surface area contributed by atoms with Gasteiger partial charge in [0.1, 0.15) is 23.0 Å². The fraction of sp³-hybridized carbons (Fsp3) is 0.412. The Morgan fingerprint density at radius 2 is 2.04 bits per heavy atom. The predicted octanol–water partition coefficient (Wildman–Crippen LogP) is 4.18. The number of aromatic nitrogens is 2. The highest BCUT2D eigenvalue weighted by molar-refractivity contribution is 7.98. The van der Waals surface area contributed by atoms with Crippen molar-refractivity contribution >= 4 is 29.2 Å². The number of ether oxygens (including phenoxy) is 1. The molecule has 1 aliphatic rings. The Bertz CT molecular complexity index is 688. The van der Waals surface area contributed by atoms with Gasteiger partial charge in [0.2, 0.25) is 0 Å². The number of hydrogen-bond acceptors (Lipinski definition) is 5. The molecule has 7 heteroatoms. The minimum absolute atomic E-state index is 0.164. The molecule has 3 rings (SSSR count). The molecule has 24 heavy (non-hydrogen) atoms. The van der Waals surface area contributed by atoms with Crippen molar-refractivity contribution in [2.45, 2.75) is 36.8 Å². The van der Waals surface area contributed by atoms with Gasteiger partial charge in [0.15, 0.2) is 0 Å². The molecule has 1 saturated heterocycles. The first-order valence-corrected chi connectivity index (χ1v) is 9.17. The molecule has 0 bridgehead atoms. The van der Waals surface area contributed by atoms with Crippen LogP contribution < -0.4 is 4.90 Å². The summed E-state index contributed by atoms with van der Waals surface area (Å²) >= 11 is 7.52. The van der Waals surface area contributed by atoms with Crippen LogP contribution in [0.15, 0.2) is 35.6 Å². The van der Waals surface area contributed by atoms with Crippen molar-refractivity contribution in [3.63, 3.8) is 0 Å². The SMILES string of the molecule is CC1CN(c2cc(SCc3c(F)cccc3Cl)ncn2)CC(C)O1. The summed E-state index contributed by atoms with van der Waals surface area (Å²) < 4.78 is 19.6. The summed E-state index contributed by atoms with van der Waals surface area (Å²) in [7, 11) is 0. The number of halogens is 2. The molecule has 4 nitrogen and oxygen atoms in total. The fourth-order valence-electron chi connectivity index (χ4n) is 2.76. The maximum absolute atomic E-state index is 13.9. The summed E-state index contributed by atoms with van der Waals surface area (Å²) in [5.41, 5.74) is 0.498. The van der Waals surface area contributed by atoms with Gasteiger partial charge in [-0.15, -0.1) is 11.8 Å². The highest BCUT2D eigenvalue weighted by Crippen LogP contribution is 2.29. The van der Waals surface area contributed by atoms with Crippen LogP contribution in [0.3, 0.4) is 0 Å². The molecule has 2 unspecified atom stereocenters. The van der Waals surface area contributed by atoms with Crippen LogP contribution in [0.25, 0.3) is 0 Å². The van der Waals surface area contributed by atoms with E-state index in [0.717, 1.165) is 23.9 Å². The van der Waals surface area contributed by atoms with E-state index in [1.54, 1.807) is 18.5 Å². The Balaban J connectivity index is 1.71. The molecule has 2 aromatic rings. The quantitative estimate of drug-likeness (QED) is 0.598. The van der Waals surface area contributed by atoms with E-state index in [0.29, 0.717) is 16.3 Å². The molecule has 128 valence electrons. The van der Waals surface area contributed by atoms with Crippen molar-refractivity contribution in [1.82, 2.24) is 9.97 Å². The minimum Gasteiger partial charge on any atom is -0.372 e. The Hall–Kier alpha value is -1.37. The zero-order valence-electron chi connectivity index (χ0n) is 13.6. The van der Waals surface area contributed by atoms with Gasteiger partial charge in [-0.25, -0.2) is 14.4 Å². The van der Waals surface area contributed by atoms with E-state index in [9.17, 15) is 4.39 Å². The van der Waals surface area contributed by atoms with Crippen molar-refractivity contribution in [3.05, 3.63) is 47.0 Å². The minimum atomic E-state index is -0.292. The number of morpholine rings is 1. The second-order valence-corrected chi connectivity index (χ2v) is 7.27. The molecule has 0 amide bonds. The zero-order chi connectivity index (χ0) is 17.1. The number of nitrogens with zero attached hydrogens (tertiary/aromatic N) is 3. The highest BCUT2D eigenvalue weighted by Gasteiger charge is 2.23. The first kappa shape index (κ1) is 17.5. The zero-order valence-corrected chi connectivity index (χ0v) is 15.1. The van der Waals surface area contributed by atoms with Gasteiger partial charge in [0.25, 0.3) is 0 Å². The van der Waals surface area contributed by atoms with E-state index in [1.807, 2.05) is 6.07 Å². The Morgan fingerprint density at radius 1 is 1.29 bits per heavy atom. The second-order valence-electron chi connectivity index (χ2n) is 5.87. The average molecular weight is 368 g/mol. The van der Waals surface area contributed by atoms with Gasteiger partial charge in [0, 0.05) is 35.5 Å². The molecule has 2 heterocycles. The van der Waals surface area contributed by atoms with Gasteiger partial charge in [0.05, 0.1) is 12.2 Å². The lowest BCUT2D eigenvalue weighted by molar-refractivity contribution is -0.00548. The molecule has 0 radical (unpaired) electrons. The van der Waals surface area contributed by atoms with E-state index >= 15 is 0 Å². The predicted molar refractivity (Wildman–Crippen MR) is 95.2 cm³/mol. The normalized spacial score (nSPS) is 21.1. The molecular weight excluding hydrogens is 349 g/mol. The Kier molecular flexibility index (Phi) is 5.58. The fourth-order valence-corrected chi connectivity index (χ4v) is 3.97. The lowest BCUT2D eigenvalue weighted by Gasteiger charge is -2.36. The molecular formula is C17H19ClFN3OS. The summed E-state index contributed by atoms with van der Waals surface area (Å²) in [6.07, 6.45) is 1.87. The van der Waals surface area contributed by atoms with Crippen LogP contribution in [0.5, 0.6) is 0 Å². The van der Waals surface area contributed by atoms with Gasteiger partial charge < -0.3 is 9.64 Å². The van der Waals surface area contributed by atoms with Crippen molar-refractivity contribution in [2.75, 3.05) is 18.0 Å². The van der Waals surface area contributed by atoms with Crippen molar-refractivity contribution in [2.24, 2.45) is 0 Å². The lowest BCUT2D eigenvalue weighted by atomic mass is 10.2. The molecule has 2 atom stereocenters. The molecule has 1 fully saturated rings. The van der Waals surface area contributed by atoms with E-state index in [1.165, 1.54) is 17.8 Å². The molecule has 0 N–H and O–H groups in total. The van der Waals surface area contributed by atoms with Crippen molar-refractivity contribution in [3.8, 4) is 0 Å². The average Bonchev–Trinajstić information content (AvgIpc) is 2.54. The van der Waals surface area contributed by atoms with Gasteiger partial charge >= 0.3 is 0 Å². The summed E-state index contributed by atoms with van der Waals surface area (Å²) in [6, 6.07) is 6.66. The van der Waals surface area contributed by atoms with E-state index in [4.69, 9.17) is 16.3 Å². The Labute approximate surface area is 150 Å². The molecule has 0 saturated carbocycles.